The molecule has 2 unspecified atom stereocenters. The van der Waals surface area contributed by atoms with Crippen molar-refractivity contribution in [3.63, 3.8) is 0 Å². The van der Waals surface area contributed by atoms with E-state index in [1.807, 2.05) is 0 Å². The van der Waals surface area contributed by atoms with E-state index >= 15 is 0 Å². The third-order valence-electron chi connectivity index (χ3n) is 2.69. The van der Waals surface area contributed by atoms with Gasteiger partial charge in [0.25, 0.3) is 0 Å². The highest BCUT2D eigenvalue weighted by Crippen LogP contribution is 2.15. The summed E-state index contributed by atoms with van der Waals surface area (Å²) >= 11 is 0. The maximum absolute atomic E-state index is 8.90. The van der Waals surface area contributed by atoms with Crippen LogP contribution in [0.25, 0.3) is 0 Å². The van der Waals surface area contributed by atoms with Crippen LogP contribution >= 0.6 is 0 Å². The zero-order valence-corrected chi connectivity index (χ0v) is 10.7. The summed E-state index contributed by atoms with van der Waals surface area (Å²) in [6.07, 6.45) is 1.86. The lowest BCUT2D eigenvalue weighted by Crippen LogP contribution is -2.46. The second kappa shape index (κ2) is 6.09. The third kappa shape index (κ3) is 5.15. The molecule has 0 aromatic carbocycles. The van der Waals surface area contributed by atoms with Gasteiger partial charge in [0.1, 0.15) is 5.54 Å². The van der Waals surface area contributed by atoms with Gasteiger partial charge >= 0.3 is 0 Å². The predicted octanol–water partition coefficient (Wildman–Crippen LogP) is 2.13. The first-order chi connectivity index (χ1) is 6.84. The summed E-state index contributed by atoms with van der Waals surface area (Å²) in [5, 5.41) is 8.90. The van der Waals surface area contributed by atoms with Crippen LogP contribution in [0.1, 0.15) is 47.5 Å². The molecule has 0 aliphatic heterocycles. The molecule has 3 nitrogen and oxygen atoms in total. The molecule has 88 valence electrons. The molecule has 2 atom stereocenters. The Morgan fingerprint density at radius 3 is 2.27 bits per heavy atom. The summed E-state index contributed by atoms with van der Waals surface area (Å²) in [5.74, 6) is 0. The van der Waals surface area contributed by atoms with E-state index in [4.69, 9.17) is 11.0 Å². The molecule has 0 rings (SSSR count). The van der Waals surface area contributed by atoms with E-state index in [0.29, 0.717) is 12.1 Å². The number of rotatable bonds is 6. The second-order valence-electron chi connectivity index (χ2n) is 4.91. The van der Waals surface area contributed by atoms with E-state index in [1.165, 1.54) is 0 Å². The highest BCUT2D eigenvalue weighted by molar-refractivity contribution is 5.02. The molecule has 0 aliphatic rings. The first kappa shape index (κ1) is 14.4. The van der Waals surface area contributed by atoms with Crippen LogP contribution in [0.4, 0.5) is 0 Å². The number of nitriles is 1. The molecular weight excluding hydrogens is 186 g/mol. The summed E-state index contributed by atoms with van der Waals surface area (Å²) in [4.78, 5) is 2.41. The minimum absolute atomic E-state index is 0.361. The summed E-state index contributed by atoms with van der Waals surface area (Å²) in [6, 6.07) is 3.03. The zero-order valence-electron chi connectivity index (χ0n) is 10.7. The van der Waals surface area contributed by atoms with Gasteiger partial charge in [-0.1, -0.05) is 6.92 Å². The Morgan fingerprint density at radius 2 is 1.93 bits per heavy atom. The Labute approximate surface area is 94.2 Å². The first-order valence-electron chi connectivity index (χ1n) is 5.80. The van der Waals surface area contributed by atoms with Crippen LogP contribution in [-0.2, 0) is 0 Å². The summed E-state index contributed by atoms with van der Waals surface area (Å²) in [5.41, 5.74) is 5.16. The minimum Gasteiger partial charge on any atom is -0.314 e. The van der Waals surface area contributed by atoms with Crippen LogP contribution in [0.15, 0.2) is 0 Å². The Bertz CT molecular complexity index is 215. The lowest BCUT2D eigenvalue weighted by molar-refractivity contribution is 0.145. The van der Waals surface area contributed by atoms with Gasteiger partial charge in [-0.05, 0) is 47.1 Å². The molecule has 0 bridgehead atoms. The van der Waals surface area contributed by atoms with Crippen LogP contribution in [0, 0.1) is 11.3 Å². The summed E-state index contributed by atoms with van der Waals surface area (Å²) < 4.78 is 0. The van der Waals surface area contributed by atoms with E-state index in [9.17, 15) is 0 Å². The van der Waals surface area contributed by atoms with Crippen molar-refractivity contribution in [3.05, 3.63) is 0 Å². The van der Waals surface area contributed by atoms with Crippen molar-refractivity contribution in [1.82, 2.24) is 4.90 Å². The third-order valence-corrected chi connectivity index (χ3v) is 2.69. The van der Waals surface area contributed by atoms with Gasteiger partial charge in [0.2, 0.25) is 0 Å². The molecule has 0 heterocycles. The number of hydrogen-bond acceptors (Lipinski definition) is 3. The van der Waals surface area contributed by atoms with Crippen LogP contribution in [0.5, 0.6) is 0 Å². The fourth-order valence-corrected chi connectivity index (χ4v) is 2.02. The summed E-state index contributed by atoms with van der Waals surface area (Å²) in [6.45, 7) is 11.6. The Morgan fingerprint density at radius 1 is 1.40 bits per heavy atom. The Balaban J connectivity index is 4.39. The second-order valence-corrected chi connectivity index (χ2v) is 4.91. The number of hydrogen-bond donors (Lipinski definition) is 1. The van der Waals surface area contributed by atoms with Gasteiger partial charge in [0.15, 0.2) is 0 Å². The lowest BCUT2D eigenvalue weighted by Gasteiger charge is -2.35. The van der Waals surface area contributed by atoms with Crippen LogP contribution in [0.3, 0.4) is 0 Å². The van der Waals surface area contributed by atoms with Crippen LogP contribution in [0.2, 0.25) is 0 Å². The van der Waals surface area contributed by atoms with Crippen molar-refractivity contribution in [3.8, 4) is 6.07 Å². The van der Waals surface area contributed by atoms with Crippen molar-refractivity contribution in [1.29, 1.82) is 5.26 Å². The van der Waals surface area contributed by atoms with Crippen molar-refractivity contribution < 1.29 is 0 Å². The van der Waals surface area contributed by atoms with Crippen LogP contribution in [-0.4, -0.2) is 29.1 Å². The van der Waals surface area contributed by atoms with E-state index < -0.39 is 5.54 Å². The van der Waals surface area contributed by atoms with Gasteiger partial charge in [0.05, 0.1) is 6.07 Å². The normalized spacial score (nSPS) is 17.5. The van der Waals surface area contributed by atoms with Gasteiger partial charge in [-0.15, -0.1) is 0 Å². The standard InChI is InChI=1S/C12H25N3/c1-6-7-15(10(2)3)11(4)8-12(5,14)9-13/h10-11H,6-8,14H2,1-5H3. The molecule has 0 saturated carbocycles. The first-order valence-corrected chi connectivity index (χ1v) is 5.80. The van der Waals surface area contributed by atoms with E-state index in [-0.39, 0.29) is 0 Å². The maximum atomic E-state index is 8.90. The van der Waals surface area contributed by atoms with Crippen molar-refractivity contribution in [2.45, 2.75) is 65.1 Å². The van der Waals surface area contributed by atoms with Gasteiger partial charge in [-0.3, -0.25) is 4.90 Å². The average molecular weight is 211 g/mol. The Hall–Kier alpha value is -0.590. The van der Waals surface area contributed by atoms with Crippen molar-refractivity contribution in [2.24, 2.45) is 5.73 Å². The van der Waals surface area contributed by atoms with E-state index in [0.717, 1.165) is 19.4 Å². The highest BCUT2D eigenvalue weighted by atomic mass is 15.2. The monoisotopic (exact) mass is 211 g/mol. The largest absolute Gasteiger partial charge is 0.314 e. The molecule has 0 amide bonds. The lowest BCUT2D eigenvalue weighted by atomic mass is 9.95. The van der Waals surface area contributed by atoms with Gasteiger partial charge in [0, 0.05) is 12.1 Å². The van der Waals surface area contributed by atoms with E-state index in [2.05, 4.69) is 38.7 Å². The van der Waals surface area contributed by atoms with Gasteiger partial charge in [-0.2, -0.15) is 5.26 Å². The molecule has 0 spiro atoms. The Kier molecular flexibility index (Phi) is 5.85. The SMILES string of the molecule is CCCN(C(C)C)C(C)CC(C)(N)C#N. The molecule has 0 aliphatic carbocycles. The molecule has 0 aromatic rings. The topological polar surface area (TPSA) is 53.0 Å². The average Bonchev–Trinajstić information content (AvgIpc) is 2.12. The maximum Gasteiger partial charge on any atom is 0.102 e. The summed E-state index contributed by atoms with van der Waals surface area (Å²) in [7, 11) is 0. The fourth-order valence-electron chi connectivity index (χ4n) is 2.02. The minimum atomic E-state index is -0.708. The molecular formula is C12H25N3. The molecule has 3 heteroatoms. The quantitative estimate of drug-likeness (QED) is 0.732. The highest BCUT2D eigenvalue weighted by Gasteiger charge is 2.25. The fraction of sp³-hybridized carbons (Fsp3) is 0.917. The number of nitrogens with two attached hydrogens (primary N) is 1. The smallest absolute Gasteiger partial charge is 0.102 e. The molecule has 0 saturated heterocycles. The zero-order chi connectivity index (χ0) is 12.1. The predicted molar refractivity (Wildman–Crippen MR) is 64.4 cm³/mol. The number of nitrogens with zero attached hydrogens (tertiary/aromatic N) is 2. The molecule has 0 fully saturated rings. The molecule has 2 N–H and O–H groups in total. The van der Waals surface area contributed by atoms with Crippen molar-refractivity contribution in [2.75, 3.05) is 6.54 Å². The molecule has 0 radical (unpaired) electrons. The van der Waals surface area contributed by atoms with E-state index in [1.54, 1.807) is 6.92 Å². The molecule has 0 aromatic heterocycles. The van der Waals surface area contributed by atoms with Crippen LogP contribution < -0.4 is 5.73 Å². The van der Waals surface area contributed by atoms with Crippen molar-refractivity contribution >= 4 is 0 Å². The van der Waals surface area contributed by atoms with Gasteiger partial charge in [-0.25, -0.2) is 0 Å². The molecule has 15 heavy (non-hydrogen) atoms. The van der Waals surface area contributed by atoms with Gasteiger partial charge < -0.3 is 5.73 Å².